The molecule has 0 saturated heterocycles. The molecule has 0 saturated carbocycles. The molecule has 15 heavy (non-hydrogen) atoms. The number of rotatable bonds is 1. The molecular weight excluding hydrogens is 199 g/mol. The Labute approximate surface area is 84.5 Å². The molecule has 0 fully saturated rings. The van der Waals surface area contributed by atoms with Crippen molar-refractivity contribution < 1.29 is 4.39 Å². The van der Waals surface area contributed by atoms with Gasteiger partial charge in [-0.05, 0) is 12.1 Å². The summed E-state index contributed by atoms with van der Waals surface area (Å²) in [5.74, 6) is -0.437. The number of aromatic nitrogens is 3. The Morgan fingerprint density at radius 2 is 1.93 bits per heavy atom. The van der Waals surface area contributed by atoms with Gasteiger partial charge in [-0.2, -0.15) is 9.07 Å². The van der Waals surface area contributed by atoms with E-state index in [0.29, 0.717) is 11.5 Å². The number of halogens is 1. The van der Waals surface area contributed by atoms with E-state index >= 15 is 0 Å². The topological polar surface area (TPSA) is 109 Å². The van der Waals surface area contributed by atoms with Crippen molar-refractivity contribution in [2.75, 3.05) is 17.2 Å². The quantitative estimate of drug-likeness (QED) is 0.618. The van der Waals surface area contributed by atoms with Gasteiger partial charge >= 0.3 is 0 Å². The van der Waals surface area contributed by atoms with Crippen molar-refractivity contribution in [1.29, 1.82) is 0 Å². The minimum Gasteiger partial charge on any atom is -0.397 e. The molecule has 0 amide bonds. The van der Waals surface area contributed by atoms with Crippen molar-refractivity contribution in [3.8, 4) is 5.82 Å². The van der Waals surface area contributed by atoms with Crippen molar-refractivity contribution >= 4 is 17.2 Å². The van der Waals surface area contributed by atoms with Crippen LogP contribution in [0.3, 0.4) is 0 Å². The van der Waals surface area contributed by atoms with Gasteiger partial charge in [-0.1, -0.05) is 0 Å². The molecule has 6 nitrogen and oxygen atoms in total. The second-order valence-electron chi connectivity index (χ2n) is 2.95. The first-order valence-electron chi connectivity index (χ1n) is 4.11. The van der Waals surface area contributed by atoms with E-state index in [0.717, 1.165) is 4.68 Å². The standard InChI is InChI=1S/C8H9FN6/c9-7-6(11)8(12)15(14-7)5-2-1-4(10)3-13-5/h1-3H,10-12H2. The fraction of sp³-hybridized carbons (Fsp3) is 0. The normalized spacial score (nSPS) is 10.5. The van der Waals surface area contributed by atoms with Gasteiger partial charge in [0, 0.05) is 0 Å². The average Bonchev–Trinajstić information content (AvgIpc) is 2.47. The lowest BCUT2D eigenvalue weighted by molar-refractivity contribution is 0.568. The van der Waals surface area contributed by atoms with Crippen LogP contribution in [0.5, 0.6) is 0 Å². The third-order valence-corrected chi connectivity index (χ3v) is 1.90. The lowest BCUT2D eigenvalue weighted by Gasteiger charge is -2.02. The summed E-state index contributed by atoms with van der Waals surface area (Å²) < 4.78 is 14.1. The fourth-order valence-corrected chi connectivity index (χ4v) is 1.11. The summed E-state index contributed by atoms with van der Waals surface area (Å²) in [4.78, 5) is 3.94. The molecule has 0 spiro atoms. The molecule has 0 aromatic carbocycles. The molecule has 0 aliphatic rings. The lowest BCUT2D eigenvalue weighted by Crippen LogP contribution is -2.05. The first kappa shape index (κ1) is 9.25. The van der Waals surface area contributed by atoms with Crippen molar-refractivity contribution in [3.05, 3.63) is 24.3 Å². The summed E-state index contributed by atoms with van der Waals surface area (Å²) in [7, 11) is 0. The Morgan fingerprint density at radius 1 is 1.20 bits per heavy atom. The van der Waals surface area contributed by atoms with Gasteiger partial charge in [0.2, 0.25) is 0 Å². The van der Waals surface area contributed by atoms with Gasteiger partial charge in [0.15, 0.2) is 11.6 Å². The highest BCUT2D eigenvalue weighted by Gasteiger charge is 2.13. The Bertz CT molecular complexity index is 489. The summed E-state index contributed by atoms with van der Waals surface area (Å²) in [6.07, 6.45) is 1.42. The number of nitrogens with two attached hydrogens (primary N) is 3. The van der Waals surface area contributed by atoms with Gasteiger partial charge in [-0.25, -0.2) is 4.98 Å². The Hall–Kier alpha value is -2.31. The van der Waals surface area contributed by atoms with E-state index in [4.69, 9.17) is 17.2 Å². The van der Waals surface area contributed by atoms with E-state index in [9.17, 15) is 4.39 Å². The predicted octanol–water partition coefficient (Wildman–Crippen LogP) is 0.153. The van der Waals surface area contributed by atoms with Crippen LogP contribution in [0.4, 0.5) is 21.6 Å². The zero-order chi connectivity index (χ0) is 11.0. The molecule has 78 valence electrons. The van der Waals surface area contributed by atoms with Gasteiger partial charge in [0.05, 0.1) is 11.9 Å². The summed E-state index contributed by atoms with van der Waals surface area (Å²) in [5.41, 5.74) is 16.6. The van der Waals surface area contributed by atoms with Gasteiger partial charge in [-0.15, -0.1) is 5.10 Å². The molecule has 2 rings (SSSR count). The second-order valence-corrected chi connectivity index (χ2v) is 2.95. The number of hydrogen-bond acceptors (Lipinski definition) is 5. The zero-order valence-electron chi connectivity index (χ0n) is 7.68. The molecule has 2 heterocycles. The van der Waals surface area contributed by atoms with E-state index in [2.05, 4.69) is 10.1 Å². The number of nitrogen functional groups attached to an aromatic ring is 3. The summed E-state index contributed by atoms with van der Waals surface area (Å²) in [6, 6.07) is 3.18. The van der Waals surface area contributed by atoms with Crippen molar-refractivity contribution in [2.45, 2.75) is 0 Å². The van der Waals surface area contributed by atoms with Crippen molar-refractivity contribution in [2.24, 2.45) is 0 Å². The van der Waals surface area contributed by atoms with Crippen molar-refractivity contribution in [1.82, 2.24) is 14.8 Å². The summed E-state index contributed by atoms with van der Waals surface area (Å²) >= 11 is 0. The van der Waals surface area contributed by atoms with Crippen LogP contribution in [0.2, 0.25) is 0 Å². The van der Waals surface area contributed by atoms with Gasteiger partial charge in [0.25, 0.3) is 5.95 Å². The molecule has 7 heteroatoms. The molecule has 0 aliphatic heterocycles. The third-order valence-electron chi connectivity index (χ3n) is 1.90. The van der Waals surface area contributed by atoms with Crippen LogP contribution in [0.15, 0.2) is 18.3 Å². The van der Waals surface area contributed by atoms with Crippen LogP contribution in [0, 0.1) is 5.95 Å². The average molecular weight is 208 g/mol. The van der Waals surface area contributed by atoms with E-state index in [-0.39, 0.29) is 11.5 Å². The number of hydrogen-bond donors (Lipinski definition) is 3. The van der Waals surface area contributed by atoms with Crippen molar-refractivity contribution in [3.63, 3.8) is 0 Å². The minimum atomic E-state index is -0.814. The molecular formula is C8H9FN6. The number of pyridine rings is 1. The molecule has 2 aromatic heterocycles. The molecule has 0 aliphatic carbocycles. The first-order chi connectivity index (χ1) is 7.09. The van der Waals surface area contributed by atoms with E-state index < -0.39 is 5.95 Å². The molecule has 0 bridgehead atoms. The smallest absolute Gasteiger partial charge is 0.258 e. The zero-order valence-corrected chi connectivity index (χ0v) is 7.68. The van der Waals surface area contributed by atoms with Crippen LogP contribution >= 0.6 is 0 Å². The Balaban J connectivity index is 2.54. The first-order valence-corrected chi connectivity index (χ1v) is 4.11. The molecule has 0 atom stereocenters. The largest absolute Gasteiger partial charge is 0.397 e. The Kier molecular flexibility index (Phi) is 1.93. The summed E-state index contributed by atoms with van der Waals surface area (Å²) in [5, 5.41) is 3.51. The van der Waals surface area contributed by atoms with Gasteiger partial charge in [-0.3, -0.25) is 0 Å². The van der Waals surface area contributed by atoms with Crippen LogP contribution in [0.25, 0.3) is 5.82 Å². The SMILES string of the molecule is Nc1ccc(-n2nc(F)c(N)c2N)nc1. The third kappa shape index (κ3) is 1.43. The maximum Gasteiger partial charge on any atom is 0.258 e. The Morgan fingerprint density at radius 3 is 2.40 bits per heavy atom. The van der Waals surface area contributed by atoms with Crippen LogP contribution in [-0.2, 0) is 0 Å². The van der Waals surface area contributed by atoms with E-state index in [1.54, 1.807) is 12.1 Å². The summed E-state index contributed by atoms with van der Waals surface area (Å²) in [6.45, 7) is 0. The number of nitrogens with zero attached hydrogens (tertiary/aromatic N) is 3. The van der Waals surface area contributed by atoms with Gasteiger partial charge in [0.1, 0.15) is 5.69 Å². The lowest BCUT2D eigenvalue weighted by atomic mass is 10.4. The second kappa shape index (κ2) is 3.12. The molecule has 0 radical (unpaired) electrons. The highest BCUT2D eigenvalue weighted by atomic mass is 19.1. The van der Waals surface area contributed by atoms with E-state index in [1.165, 1.54) is 6.20 Å². The molecule has 6 N–H and O–H groups in total. The molecule has 2 aromatic rings. The fourth-order valence-electron chi connectivity index (χ4n) is 1.11. The number of anilines is 3. The van der Waals surface area contributed by atoms with Crippen LogP contribution in [0.1, 0.15) is 0 Å². The molecule has 0 unspecified atom stereocenters. The minimum absolute atomic E-state index is 0.0183. The van der Waals surface area contributed by atoms with Crippen LogP contribution in [-0.4, -0.2) is 14.8 Å². The van der Waals surface area contributed by atoms with E-state index in [1.807, 2.05) is 0 Å². The highest BCUT2D eigenvalue weighted by molar-refractivity contribution is 5.60. The van der Waals surface area contributed by atoms with Gasteiger partial charge < -0.3 is 17.2 Å². The van der Waals surface area contributed by atoms with Crippen LogP contribution < -0.4 is 17.2 Å². The predicted molar refractivity (Wildman–Crippen MR) is 54.6 cm³/mol. The monoisotopic (exact) mass is 208 g/mol. The highest BCUT2D eigenvalue weighted by Crippen LogP contribution is 2.20. The maximum absolute atomic E-state index is 13.0. The maximum atomic E-state index is 13.0.